The molecule has 0 radical (unpaired) electrons. The predicted molar refractivity (Wildman–Crippen MR) is 85.9 cm³/mol. The van der Waals surface area contributed by atoms with Crippen molar-refractivity contribution in [2.45, 2.75) is 26.7 Å². The van der Waals surface area contributed by atoms with Gasteiger partial charge in [0, 0.05) is 5.69 Å². The SMILES string of the molecule is CCCc1ccccc1Nc1ncnc2scc(C)c12. The summed E-state index contributed by atoms with van der Waals surface area (Å²) < 4.78 is 0. The average molecular weight is 283 g/mol. The molecule has 0 amide bonds. The van der Waals surface area contributed by atoms with Crippen LogP contribution in [0.1, 0.15) is 24.5 Å². The molecule has 2 heterocycles. The Bertz CT molecular complexity index is 733. The molecule has 0 saturated heterocycles. The summed E-state index contributed by atoms with van der Waals surface area (Å²) >= 11 is 1.66. The van der Waals surface area contributed by atoms with Gasteiger partial charge in [-0.15, -0.1) is 11.3 Å². The zero-order valence-corrected chi connectivity index (χ0v) is 12.5. The molecule has 0 aliphatic rings. The summed E-state index contributed by atoms with van der Waals surface area (Å²) in [5, 5.41) is 6.74. The highest BCUT2D eigenvalue weighted by Crippen LogP contribution is 2.31. The molecule has 0 aliphatic heterocycles. The van der Waals surface area contributed by atoms with Crippen molar-refractivity contribution < 1.29 is 0 Å². The standard InChI is InChI=1S/C16H17N3S/c1-3-6-12-7-4-5-8-13(12)19-15-14-11(2)9-20-16(14)18-10-17-15/h4-5,7-10H,3,6H2,1-2H3,(H,17,18,19). The van der Waals surface area contributed by atoms with Gasteiger partial charge in [0.1, 0.15) is 17.0 Å². The van der Waals surface area contributed by atoms with Gasteiger partial charge in [-0.25, -0.2) is 9.97 Å². The van der Waals surface area contributed by atoms with Crippen LogP contribution in [-0.4, -0.2) is 9.97 Å². The molecule has 1 aromatic carbocycles. The number of hydrogen-bond donors (Lipinski definition) is 1. The lowest BCUT2D eigenvalue weighted by Gasteiger charge is -2.11. The zero-order valence-electron chi connectivity index (χ0n) is 11.7. The fraction of sp³-hybridized carbons (Fsp3) is 0.250. The van der Waals surface area contributed by atoms with E-state index in [0.29, 0.717) is 0 Å². The second kappa shape index (κ2) is 5.59. The molecule has 0 unspecified atom stereocenters. The molecule has 0 fully saturated rings. The topological polar surface area (TPSA) is 37.8 Å². The van der Waals surface area contributed by atoms with E-state index in [9.17, 15) is 0 Å². The number of benzene rings is 1. The van der Waals surface area contributed by atoms with Gasteiger partial charge in [0.2, 0.25) is 0 Å². The Morgan fingerprint density at radius 2 is 2.05 bits per heavy atom. The summed E-state index contributed by atoms with van der Waals surface area (Å²) in [6.45, 7) is 4.30. The van der Waals surface area contributed by atoms with E-state index in [1.807, 2.05) is 0 Å². The van der Waals surface area contributed by atoms with Gasteiger partial charge in [0.05, 0.1) is 5.39 Å². The van der Waals surface area contributed by atoms with E-state index in [0.717, 1.165) is 34.6 Å². The van der Waals surface area contributed by atoms with Crippen LogP contribution in [0, 0.1) is 6.92 Å². The largest absolute Gasteiger partial charge is 0.339 e. The molecule has 20 heavy (non-hydrogen) atoms. The van der Waals surface area contributed by atoms with E-state index in [2.05, 4.69) is 58.8 Å². The van der Waals surface area contributed by atoms with Gasteiger partial charge >= 0.3 is 0 Å². The number of anilines is 2. The van der Waals surface area contributed by atoms with Gasteiger partial charge < -0.3 is 5.32 Å². The number of fused-ring (bicyclic) bond motifs is 1. The lowest BCUT2D eigenvalue weighted by Crippen LogP contribution is -1.99. The lowest BCUT2D eigenvalue weighted by atomic mass is 10.1. The van der Waals surface area contributed by atoms with Crippen molar-refractivity contribution >= 4 is 33.1 Å². The highest BCUT2D eigenvalue weighted by molar-refractivity contribution is 7.17. The first kappa shape index (κ1) is 13.1. The Kier molecular flexibility index (Phi) is 3.65. The summed E-state index contributed by atoms with van der Waals surface area (Å²) in [7, 11) is 0. The molecular weight excluding hydrogens is 266 g/mol. The number of aromatic nitrogens is 2. The molecule has 0 atom stereocenters. The molecular formula is C16H17N3S. The van der Waals surface area contributed by atoms with E-state index in [4.69, 9.17) is 0 Å². The van der Waals surface area contributed by atoms with Gasteiger partial charge in [-0.3, -0.25) is 0 Å². The minimum atomic E-state index is 0.900. The van der Waals surface area contributed by atoms with Crippen LogP contribution >= 0.6 is 11.3 Å². The third-order valence-corrected chi connectivity index (χ3v) is 4.35. The number of thiophene rings is 1. The molecule has 1 N–H and O–H groups in total. The highest BCUT2D eigenvalue weighted by Gasteiger charge is 2.10. The fourth-order valence-electron chi connectivity index (χ4n) is 2.37. The maximum Gasteiger partial charge on any atom is 0.142 e. The summed E-state index contributed by atoms with van der Waals surface area (Å²) in [6.07, 6.45) is 3.83. The van der Waals surface area contributed by atoms with E-state index in [-0.39, 0.29) is 0 Å². The molecule has 0 aliphatic carbocycles. The van der Waals surface area contributed by atoms with Crippen LogP contribution in [0.4, 0.5) is 11.5 Å². The van der Waals surface area contributed by atoms with Gasteiger partial charge in [-0.1, -0.05) is 31.5 Å². The van der Waals surface area contributed by atoms with Gasteiger partial charge in [0.15, 0.2) is 0 Å². The maximum atomic E-state index is 4.42. The normalized spacial score (nSPS) is 10.9. The molecule has 4 heteroatoms. The molecule has 2 aromatic heterocycles. The zero-order chi connectivity index (χ0) is 13.9. The average Bonchev–Trinajstić information content (AvgIpc) is 2.84. The van der Waals surface area contributed by atoms with Crippen LogP contribution in [0.25, 0.3) is 10.2 Å². The second-order valence-electron chi connectivity index (χ2n) is 4.85. The third-order valence-electron chi connectivity index (χ3n) is 3.34. The summed E-state index contributed by atoms with van der Waals surface area (Å²) in [6, 6.07) is 8.42. The van der Waals surface area contributed by atoms with E-state index < -0.39 is 0 Å². The monoisotopic (exact) mass is 283 g/mol. The minimum absolute atomic E-state index is 0.900. The first-order valence-electron chi connectivity index (χ1n) is 6.83. The Hall–Kier alpha value is -1.94. The first-order chi connectivity index (χ1) is 9.79. The minimum Gasteiger partial charge on any atom is -0.339 e. The van der Waals surface area contributed by atoms with Crippen molar-refractivity contribution in [2.24, 2.45) is 0 Å². The van der Waals surface area contributed by atoms with Crippen LogP contribution in [0.5, 0.6) is 0 Å². The molecule has 3 aromatic rings. The molecule has 102 valence electrons. The Morgan fingerprint density at radius 1 is 1.20 bits per heavy atom. The van der Waals surface area contributed by atoms with Crippen molar-refractivity contribution in [1.82, 2.24) is 9.97 Å². The Morgan fingerprint density at radius 3 is 2.90 bits per heavy atom. The number of nitrogens with one attached hydrogen (secondary N) is 1. The van der Waals surface area contributed by atoms with Crippen LogP contribution in [-0.2, 0) is 6.42 Å². The van der Waals surface area contributed by atoms with Crippen LogP contribution in [0.15, 0.2) is 36.0 Å². The Balaban J connectivity index is 2.03. The maximum absolute atomic E-state index is 4.42. The fourth-order valence-corrected chi connectivity index (χ4v) is 3.26. The molecule has 3 rings (SSSR count). The number of rotatable bonds is 4. The smallest absolute Gasteiger partial charge is 0.142 e. The number of nitrogens with zero attached hydrogens (tertiary/aromatic N) is 2. The third kappa shape index (κ3) is 2.39. The molecule has 3 nitrogen and oxygen atoms in total. The predicted octanol–water partition coefficient (Wildman–Crippen LogP) is 4.70. The van der Waals surface area contributed by atoms with Crippen LogP contribution in [0.3, 0.4) is 0 Å². The number of hydrogen-bond acceptors (Lipinski definition) is 4. The first-order valence-corrected chi connectivity index (χ1v) is 7.71. The second-order valence-corrected chi connectivity index (χ2v) is 5.71. The van der Waals surface area contributed by atoms with Crippen LogP contribution < -0.4 is 5.32 Å². The summed E-state index contributed by atoms with van der Waals surface area (Å²) in [5.41, 5.74) is 3.69. The molecule has 0 spiro atoms. The number of aryl methyl sites for hydroxylation is 2. The van der Waals surface area contributed by atoms with Crippen molar-refractivity contribution in [3.05, 3.63) is 47.1 Å². The summed E-state index contributed by atoms with van der Waals surface area (Å²) in [5.74, 6) is 0.900. The summed E-state index contributed by atoms with van der Waals surface area (Å²) in [4.78, 5) is 9.79. The van der Waals surface area contributed by atoms with Gasteiger partial charge in [-0.2, -0.15) is 0 Å². The quantitative estimate of drug-likeness (QED) is 0.754. The Labute approximate surface area is 122 Å². The van der Waals surface area contributed by atoms with E-state index in [1.165, 1.54) is 11.1 Å². The van der Waals surface area contributed by atoms with Gasteiger partial charge in [0.25, 0.3) is 0 Å². The number of para-hydroxylation sites is 1. The van der Waals surface area contributed by atoms with Crippen molar-refractivity contribution in [1.29, 1.82) is 0 Å². The highest BCUT2D eigenvalue weighted by atomic mass is 32.1. The van der Waals surface area contributed by atoms with Crippen molar-refractivity contribution in [3.8, 4) is 0 Å². The van der Waals surface area contributed by atoms with Crippen molar-refractivity contribution in [3.63, 3.8) is 0 Å². The molecule has 0 saturated carbocycles. The van der Waals surface area contributed by atoms with Gasteiger partial charge in [-0.05, 0) is 35.9 Å². The lowest BCUT2D eigenvalue weighted by molar-refractivity contribution is 0.923. The van der Waals surface area contributed by atoms with E-state index >= 15 is 0 Å². The van der Waals surface area contributed by atoms with E-state index in [1.54, 1.807) is 17.7 Å². The molecule has 0 bridgehead atoms. The van der Waals surface area contributed by atoms with Crippen LogP contribution in [0.2, 0.25) is 0 Å². The van der Waals surface area contributed by atoms with Crippen molar-refractivity contribution in [2.75, 3.05) is 5.32 Å².